The molecule has 5 heteroatoms. The SMILES string of the molecule is NC1CCC(OCCCn2cncc2-c2cccs2)CC1. The molecule has 0 bridgehead atoms. The molecule has 2 heterocycles. The molecule has 4 nitrogen and oxygen atoms in total. The van der Waals surface area contributed by atoms with E-state index >= 15 is 0 Å². The average Bonchev–Trinajstić information content (AvgIpc) is 3.16. The van der Waals surface area contributed by atoms with Crippen LogP contribution in [0, 0.1) is 0 Å². The molecule has 0 saturated heterocycles. The summed E-state index contributed by atoms with van der Waals surface area (Å²) in [7, 11) is 0. The maximum Gasteiger partial charge on any atom is 0.0951 e. The van der Waals surface area contributed by atoms with E-state index in [4.69, 9.17) is 10.5 Å². The summed E-state index contributed by atoms with van der Waals surface area (Å²) in [6, 6.07) is 4.61. The fourth-order valence-corrected chi connectivity index (χ4v) is 3.62. The second-order valence-electron chi connectivity index (χ2n) is 5.71. The number of nitrogens with zero attached hydrogens (tertiary/aromatic N) is 2. The lowest BCUT2D eigenvalue weighted by atomic mass is 9.94. The largest absolute Gasteiger partial charge is 0.378 e. The van der Waals surface area contributed by atoms with Crippen LogP contribution in [0.3, 0.4) is 0 Å². The molecule has 0 atom stereocenters. The zero-order valence-corrected chi connectivity index (χ0v) is 13.1. The maximum atomic E-state index is 5.97. The highest BCUT2D eigenvalue weighted by Crippen LogP contribution is 2.24. The van der Waals surface area contributed by atoms with E-state index < -0.39 is 0 Å². The molecule has 114 valence electrons. The van der Waals surface area contributed by atoms with Crippen molar-refractivity contribution in [2.75, 3.05) is 6.61 Å². The summed E-state index contributed by atoms with van der Waals surface area (Å²) < 4.78 is 8.19. The number of aryl methyl sites for hydroxylation is 1. The van der Waals surface area contributed by atoms with Crippen molar-refractivity contribution in [3.63, 3.8) is 0 Å². The van der Waals surface area contributed by atoms with Gasteiger partial charge in [0.1, 0.15) is 0 Å². The first-order valence-electron chi connectivity index (χ1n) is 7.74. The normalized spacial score (nSPS) is 22.5. The Hall–Kier alpha value is -1.17. The molecule has 1 aliphatic rings. The third-order valence-electron chi connectivity index (χ3n) is 4.10. The van der Waals surface area contributed by atoms with Crippen LogP contribution in [-0.4, -0.2) is 28.3 Å². The smallest absolute Gasteiger partial charge is 0.0951 e. The zero-order chi connectivity index (χ0) is 14.5. The van der Waals surface area contributed by atoms with Gasteiger partial charge in [0.2, 0.25) is 0 Å². The van der Waals surface area contributed by atoms with Crippen LogP contribution in [0.5, 0.6) is 0 Å². The predicted molar refractivity (Wildman–Crippen MR) is 86.3 cm³/mol. The van der Waals surface area contributed by atoms with Crippen LogP contribution >= 0.6 is 11.3 Å². The summed E-state index contributed by atoms with van der Waals surface area (Å²) in [5, 5.41) is 2.10. The van der Waals surface area contributed by atoms with Gasteiger partial charge in [-0.2, -0.15) is 0 Å². The van der Waals surface area contributed by atoms with Crippen molar-refractivity contribution < 1.29 is 4.74 Å². The van der Waals surface area contributed by atoms with Crippen LogP contribution < -0.4 is 5.73 Å². The van der Waals surface area contributed by atoms with Crippen molar-refractivity contribution >= 4 is 11.3 Å². The van der Waals surface area contributed by atoms with E-state index in [0.29, 0.717) is 12.1 Å². The van der Waals surface area contributed by atoms with Gasteiger partial charge in [0.05, 0.1) is 29.2 Å². The minimum Gasteiger partial charge on any atom is -0.378 e. The van der Waals surface area contributed by atoms with Gasteiger partial charge >= 0.3 is 0 Å². The Labute approximate surface area is 129 Å². The number of thiophene rings is 1. The summed E-state index contributed by atoms with van der Waals surface area (Å²) in [6.45, 7) is 1.78. The zero-order valence-electron chi connectivity index (χ0n) is 12.3. The molecule has 0 radical (unpaired) electrons. The van der Waals surface area contributed by atoms with Gasteiger partial charge in [0.25, 0.3) is 0 Å². The first-order valence-corrected chi connectivity index (χ1v) is 8.62. The van der Waals surface area contributed by atoms with Crippen molar-refractivity contribution in [2.45, 2.75) is 50.8 Å². The van der Waals surface area contributed by atoms with Gasteiger partial charge in [-0.15, -0.1) is 11.3 Å². The number of hydrogen-bond donors (Lipinski definition) is 1. The highest BCUT2D eigenvalue weighted by atomic mass is 32.1. The molecule has 2 aromatic rings. The molecule has 0 aliphatic heterocycles. The Kier molecular flexibility index (Phi) is 5.06. The number of imidazole rings is 1. The second kappa shape index (κ2) is 7.20. The number of nitrogens with two attached hydrogens (primary N) is 1. The fourth-order valence-electron chi connectivity index (χ4n) is 2.87. The van der Waals surface area contributed by atoms with Crippen LogP contribution in [-0.2, 0) is 11.3 Å². The Bertz CT molecular complexity index is 529. The molecule has 0 aromatic carbocycles. The Morgan fingerprint density at radius 3 is 2.95 bits per heavy atom. The van der Waals surface area contributed by atoms with Gasteiger partial charge in [-0.05, 0) is 43.6 Å². The molecule has 2 aromatic heterocycles. The molecule has 21 heavy (non-hydrogen) atoms. The molecular weight excluding hydrogens is 282 g/mol. The third kappa shape index (κ3) is 3.93. The second-order valence-corrected chi connectivity index (χ2v) is 6.66. The Morgan fingerprint density at radius 2 is 2.19 bits per heavy atom. The molecule has 0 spiro atoms. The maximum absolute atomic E-state index is 5.97. The molecule has 1 saturated carbocycles. The van der Waals surface area contributed by atoms with E-state index in [9.17, 15) is 0 Å². The highest BCUT2D eigenvalue weighted by molar-refractivity contribution is 7.13. The van der Waals surface area contributed by atoms with Gasteiger partial charge in [-0.3, -0.25) is 0 Å². The van der Waals surface area contributed by atoms with Gasteiger partial charge in [0.15, 0.2) is 0 Å². The summed E-state index contributed by atoms with van der Waals surface area (Å²) in [5.41, 5.74) is 7.12. The topological polar surface area (TPSA) is 53.1 Å². The van der Waals surface area contributed by atoms with Crippen molar-refractivity contribution in [2.24, 2.45) is 5.73 Å². The first kappa shape index (κ1) is 14.8. The van der Waals surface area contributed by atoms with E-state index in [1.807, 2.05) is 12.5 Å². The van der Waals surface area contributed by atoms with E-state index in [0.717, 1.165) is 45.3 Å². The lowest BCUT2D eigenvalue weighted by Crippen LogP contribution is -2.30. The van der Waals surface area contributed by atoms with Crippen LogP contribution in [0.2, 0.25) is 0 Å². The van der Waals surface area contributed by atoms with E-state index in [1.54, 1.807) is 11.3 Å². The van der Waals surface area contributed by atoms with Crippen LogP contribution in [0.1, 0.15) is 32.1 Å². The fraction of sp³-hybridized carbons (Fsp3) is 0.562. The molecule has 2 N–H and O–H groups in total. The number of aromatic nitrogens is 2. The Morgan fingerprint density at radius 1 is 1.33 bits per heavy atom. The van der Waals surface area contributed by atoms with Gasteiger partial charge in [0, 0.05) is 19.2 Å². The Balaban J connectivity index is 1.43. The summed E-state index contributed by atoms with van der Waals surface area (Å²) >= 11 is 1.75. The highest BCUT2D eigenvalue weighted by Gasteiger charge is 2.18. The molecule has 1 fully saturated rings. The number of hydrogen-bond acceptors (Lipinski definition) is 4. The van der Waals surface area contributed by atoms with Crippen molar-refractivity contribution in [1.82, 2.24) is 9.55 Å². The van der Waals surface area contributed by atoms with Gasteiger partial charge < -0.3 is 15.0 Å². The monoisotopic (exact) mass is 305 g/mol. The van der Waals surface area contributed by atoms with Gasteiger partial charge in [-0.1, -0.05) is 6.07 Å². The molecule has 3 rings (SSSR count). The van der Waals surface area contributed by atoms with Crippen LogP contribution in [0.15, 0.2) is 30.0 Å². The predicted octanol–water partition coefficient (Wildman–Crippen LogP) is 3.29. The van der Waals surface area contributed by atoms with Crippen LogP contribution in [0.4, 0.5) is 0 Å². The summed E-state index contributed by atoms with van der Waals surface area (Å²) in [4.78, 5) is 5.54. The third-order valence-corrected chi connectivity index (χ3v) is 4.99. The molecule has 0 amide bonds. The van der Waals surface area contributed by atoms with E-state index in [-0.39, 0.29) is 0 Å². The molecule has 1 aliphatic carbocycles. The number of rotatable bonds is 6. The lowest BCUT2D eigenvalue weighted by molar-refractivity contribution is 0.0226. The van der Waals surface area contributed by atoms with Crippen molar-refractivity contribution in [1.29, 1.82) is 0 Å². The molecular formula is C16H23N3OS. The van der Waals surface area contributed by atoms with Gasteiger partial charge in [-0.25, -0.2) is 4.98 Å². The minimum absolute atomic E-state index is 0.393. The minimum atomic E-state index is 0.393. The average molecular weight is 305 g/mol. The number of ether oxygens (including phenoxy) is 1. The summed E-state index contributed by atoms with van der Waals surface area (Å²) in [6.07, 6.45) is 9.74. The first-order chi connectivity index (χ1) is 10.3. The van der Waals surface area contributed by atoms with E-state index in [1.165, 1.54) is 10.6 Å². The standard InChI is InChI=1S/C16H23N3OS/c17-13-4-6-14(7-5-13)20-9-2-8-19-12-18-11-15(19)16-3-1-10-21-16/h1,3,10-14H,2,4-9,17H2. The van der Waals surface area contributed by atoms with Crippen LogP contribution in [0.25, 0.3) is 10.6 Å². The lowest BCUT2D eigenvalue weighted by Gasteiger charge is -2.26. The summed E-state index contributed by atoms with van der Waals surface area (Å²) in [5.74, 6) is 0. The van der Waals surface area contributed by atoms with Crippen molar-refractivity contribution in [3.05, 3.63) is 30.0 Å². The quantitative estimate of drug-likeness (QED) is 0.833. The molecule has 0 unspecified atom stereocenters. The van der Waals surface area contributed by atoms with Crippen molar-refractivity contribution in [3.8, 4) is 10.6 Å². The van der Waals surface area contributed by atoms with E-state index in [2.05, 4.69) is 27.1 Å².